The summed E-state index contributed by atoms with van der Waals surface area (Å²) in [7, 11) is 0. The summed E-state index contributed by atoms with van der Waals surface area (Å²) in [5.74, 6) is 0.840. The Balaban J connectivity index is 1.99. The fourth-order valence-corrected chi connectivity index (χ4v) is 3.21. The third kappa shape index (κ3) is 5.03. The SMILES string of the molecule is CCCNC(C)c1ccnc(SCc2ccccc2Cl)c1. The van der Waals surface area contributed by atoms with Gasteiger partial charge in [0.05, 0.1) is 5.03 Å². The molecule has 0 aliphatic heterocycles. The molecule has 0 bridgehead atoms. The molecule has 0 spiro atoms. The highest BCUT2D eigenvalue weighted by Gasteiger charge is 2.07. The maximum absolute atomic E-state index is 6.19. The topological polar surface area (TPSA) is 24.9 Å². The number of pyridine rings is 1. The first-order valence-electron chi connectivity index (χ1n) is 7.26. The van der Waals surface area contributed by atoms with Crippen molar-refractivity contribution in [3.8, 4) is 0 Å². The summed E-state index contributed by atoms with van der Waals surface area (Å²) in [6.45, 7) is 5.40. The first-order valence-corrected chi connectivity index (χ1v) is 8.62. The van der Waals surface area contributed by atoms with Gasteiger partial charge >= 0.3 is 0 Å². The summed E-state index contributed by atoms with van der Waals surface area (Å²) in [6, 6.07) is 12.6. The van der Waals surface area contributed by atoms with Crippen molar-refractivity contribution in [1.29, 1.82) is 0 Å². The van der Waals surface area contributed by atoms with Gasteiger partial charge in [0.25, 0.3) is 0 Å². The molecular weight excluding hydrogens is 300 g/mol. The highest BCUT2D eigenvalue weighted by Crippen LogP contribution is 2.26. The predicted molar refractivity (Wildman–Crippen MR) is 92.0 cm³/mol. The maximum Gasteiger partial charge on any atom is 0.0966 e. The average Bonchev–Trinajstić information content (AvgIpc) is 2.52. The highest BCUT2D eigenvalue weighted by molar-refractivity contribution is 7.98. The molecule has 0 aliphatic rings. The van der Waals surface area contributed by atoms with Crippen molar-refractivity contribution >= 4 is 23.4 Å². The van der Waals surface area contributed by atoms with Crippen LogP contribution in [-0.4, -0.2) is 11.5 Å². The summed E-state index contributed by atoms with van der Waals surface area (Å²) in [5.41, 5.74) is 2.42. The largest absolute Gasteiger partial charge is 0.310 e. The van der Waals surface area contributed by atoms with E-state index in [1.807, 2.05) is 24.4 Å². The second-order valence-electron chi connectivity index (χ2n) is 4.98. The Kier molecular flexibility index (Phi) is 6.55. The number of benzene rings is 1. The van der Waals surface area contributed by atoms with Gasteiger partial charge in [0.15, 0.2) is 0 Å². The Morgan fingerprint density at radius 3 is 2.86 bits per heavy atom. The molecule has 1 aromatic carbocycles. The van der Waals surface area contributed by atoms with E-state index in [1.165, 1.54) is 5.56 Å². The Morgan fingerprint density at radius 2 is 2.10 bits per heavy atom. The van der Waals surface area contributed by atoms with Crippen molar-refractivity contribution in [3.63, 3.8) is 0 Å². The summed E-state index contributed by atoms with van der Waals surface area (Å²) in [5, 5.41) is 5.36. The van der Waals surface area contributed by atoms with Crippen LogP contribution in [0.4, 0.5) is 0 Å². The van der Waals surface area contributed by atoms with Gasteiger partial charge in [-0.15, -0.1) is 11.8 Å². The zero-order valence-corrected chi connectivity index (χ0v) is 14.0. The molecule has 0 fully saturated rings. The van der Waals surface area contributed by atoms with Crippen molar-refractivity contribution in [2.45, 2.75) is 37.1 Å². The quantitative estimate of drug-likeness (QED) is 0.719. The molecule has 0 amide bonds. The molecule has 2 aromatic rings. The lowest BCUT2D eigenvalue weighted by molar-refractivity contribution is 0.569. The third-order valence-electron chi connectivity index (χ3n) is 3.29. The molecule has 0 radical (unpaired) electrons. The molecule has 1 aromatic heterocycles. The van der Waals surface area contributed by atoms with Gasteiger partial charge in [0, 0.05) is 23.0 Å². The number of nitrogens with zero attached hydrogens (tertiary/aromatic N) is 1. The van der Waals surface area contributed by atoms with Crippen LogP contribution < -0.4 is 5.32 Å². The van der Waals surface area contributed by atoms with E-state index in [9.17, 15) is 0 Å². The van der Waals surface area contributed by atoms with Crippen molar-refractivity contribution in [1.82, 2.24) is 10.3 Å². The second kappa shape index (κ2) is 8.42. The molecule has 1 unspecified atom stereocenters. The monoisotopic (exact) mass is 320 g/mol. The lowest BCUT2D eigenvalue weighted by Crippen LogP contribution is -2.19. The van der Waals surface area contributed by atoms with E-state index in [2.05, 4.69) is 42.3 Å². The van der Waals surface area contributed by atoms with Gasteiger partial charge in [0.2, 0.25) is 0 Å². The Bertz CT molecular complexity index is 574. The Morgan fingerprint density at radius 1 is 1.29 bits per heavy atom. The van der Waals surface area contributed by atoms with E-state index >= 15 is 0 Å². The van der Waals surface area contributed by atoms with Gasteiger partial charge in [-0.25, -0.2) is 4.98 Å². The summed E-state index contributed by atoms with van der Waals surface area (Å²) in [6.07, 6.45) is 3.03. The highest BCUT2D eigenvalue weighted by atomic mass is 35.5. The first kappa shape index (κ1) is 16.3. The number of nitrogens with one attached hydrogen (secondary N) is 1. The van der Waals surface area contributed by atoms with Crippen molar-refractivity contribution < 1.29 is 0 Å². The van der Waals surface area contributed by atoms with E-state index in [-0.39, 0.29) is 0 Å². The summed E-state index contributed by atoms with van der Waals surface area (Å²) >= 11 is 7.91. The fraction of sp³-hybridized carbons (Fsp3) is 0.353. The van der Waals surface area contributed by atoms with Crippen LogP contribution in [-0.2, 0) is 5.75 Å². The zero-order valence-electron chi connectivity index (χ0n) is 12.5. The number of aromatic nitrogens is 1. The van der Waals surface area contributed by atoms with Gasteiger partial charge in [0.1, 0.15) is 0 Å². The summed E-state index contributed by atoms with van der Waals surface area (Å²) in [4.78, 5) is 4.44. The molecule has 4 heteroatoms. The molecule has 2 nitrogen and oxygen atoms in total. The Hall–Kier alpha value is -1.03. The van der Waals surface area contributed by atoms with Crippen LogP contribution in [0.1, 0.15) is 37.4 Å². The molecular formula is C17H21ClN2S. The van der Waals surface area contributed by atoms with Crippen molar-refractivity contribution in [3.05, 3.63) is 58.7 Å². The van der Waals surface area contributed by atoms with Crippen LogP contribution in [0.15, 0.2) is 47.6 Å². The molecule has 1 heterocycles. The molecule has 0 saturated carbocycles. The molecule has 112 valence electrons. The van der Waals surface area contributed by atoms with Crippen LogP contribution >= 0.6 is 23.4 Å². The second-order valence-corrected chi connectivity index (χ2v) is 6.39. The predicted octanol–water partition coefficient (Wildman–Crippen LogP) is 5.09. The summed E-state index contributed by atoms with van der Waals surface area (Å²) < 4.78 is 0. The Labute approximate surface area is 136 Å². The lowest BCUT2D eigenvalue weighted by Gasteiger charge is -2.14. The van der Waals surface area contributed by atoms with Crippen LogP contribution in [0.5, 0.6) is 0 Å². The van der Waals surface area contributed by atoms with E-state index in [4.69, 9.17) is 11.6 Å². The number of thioether (sulfide) groups is 1. The molecule has 21 heavy (non-hydrogen) atoms. The van der Waals surface area contributed by atoms with E-state index in [0.29, 0.717) is 6.04 Å². The number of halogens is 1. The fourth-order valence-electron chi connectivity index (χ4n) is 2.02. The van der Waals surface area contributed by atoms with E-state index in [1.54, 1.807) is 11.8 Å². The van der Waals surface area contributed by atoms with E-state index < -0.39 is 0 Å². The number of hydrogen-bond acceptors (Lipinski definition) is 3. The average molecular weight is 321 g/mol. The van der Waals surface area contributed by atoms with Gasteiger partial charge in [-0.2, -0.15) is 0 Å². The van der Waals surface area contributed by atoms with Gasteiger partial charge in [-0.1, -0.05) is 36.7 Å². The molecule has 0 aliphatic carbocycles. The minimum atomic E-state index is 0.354. The molecule has 1 atom stereocenters. The van der Waals surface area contributed by atoms with Crippen LogP contribution in [0.2, 0.25) is 5.02 Å². The van der Waals surface area contributed by atoms with Crippen molar-refractivity contribution in [2.24, 2.45) is 0 Å². The number of rotatable bonds is 7. The first-order chi connectivity index (χ1) is 10.2. The van der Waals surface area contributed by atoms with Crippen LogP contribution in [0.25, 0.3) is 0 Å². The third-order valence-corrected chi connectivity index (χ3v) is 4.64. The van der Waals surface area contributed by atoms with Crippen molar-refractivity contribution in [2.75, 3.05) is 6.54 Å². The minimum Gasteiger partial charge on any atom is -0.310 e. The zero-order chi connectivity index (χ0) is 15.1. The smallest absolute Gasteiger partial charge is 0.0966 e. The minimum absolute atomic E-state index is 0.354. The van der Waals surface area contributed by atoms with Gasteiger partial charge in [-0.3, -0.25) is 0 Å². The van der Waals surface area contributed by atoms with Gasteiger partial charge < -0.3 is 5.32 Å². The maximum atomic E-state index is 6.19. The normalized spacial score (nSPS) is 12.3. The van der Waals surface area contributed by atoms with Gasteiger partial charge in [-0.05, 0) is 49.2 Å². The van der Waals surface area contributed by atoms with E-state index in [0.717, 1.165) is 34.3 Å². The molecule has 1 N–H and O–H groups in total. The lowest BCUT2D eigenvalue weighted by atomic mass is 10.1. The van der Waals surface area contributed by atoms with Crippen LogP contribution in [0.3, 0.4) is 0 Å². The molecule has 0 saturated heterocycles. The number of hydrogen-bond donors (Lipinski definition) is 1. The molecule has 2 rings (SSSR count). The standard InChI is InChI=1S/C17H21ClN2S/c1-3-9-19-13(2)14-8-10-20-17(11-14)21-12-15-6-4-5-7-16(15)18/h4-8,10-11,13,19H,3,9,12H2,1-2H3. The van der Waals surface area contributed by atoms with Crippen LogP contribution in [0, 0.1) is 0 Å².